The fourth-order valence-electron chi connectivity index (χ4n) is 5.97. The molecule has 1 unspecified atom stereocenters. The number of nitrogens with zero attached hydrogens (tertiary/aromatic N) is 2. The first-order chi connectivity index (χ1) is 16.9. The summed E-state index contributed by atoms with van der Waals surface area (Å²) in [7, 11) is 6.93. The minimum absolute atomic E-state index is 0.0549. The normalized spacial score (nSPS) is 27.6. The first kappa shape index (κ1) is 25.7. The average molecular weight is 500 g/mol. The lowest BCUT2D eigenvalue weighted by atomic mass is 9.57. The molecule has 194 valence electrons. The quantitative estimate of drug-likeness (QED) is 0.422. The van der Waals surface area contributed by atoms with Crippen LogP contribution in [-0.2, 0) is 20.8 Å². The molecule has 10 heteroatoms. The highest BCUT2D eigenvalue weighted by Gasteiger charge is 2.64. The third-order valence-electron chi connectivity index (χ3n) is 7.51. The summed E-state index contributed by atoms with van der Waals surface area (Å²) < 4.78 is 5.88. The van der Waals surface area contributed by atoms with Crippen LogP contribution < -0.4 is 15.4 Å². The Balaban J connectivity index is 1.98. The number of nitrogens with two attached hydrogens (primary N) is 1. The number of benzene rings is 1. The monoisotopic (exact) mass is 499 g/mol. The second-order valence-corrected chi connectivity index (χ2v) is 10.1. The maximum atomic E-state index is 13.9. The number of ketones is 2. The first-order valence-electron chi connectivity index (χ1n) is 12.0. The molecule has 1 fully saturated rings. The van der Waals surface area contributed by atoms with Gasteiger partial charge in [0.1, 0.15) is 22.8 Å². The second kappa shape index (κ2) is 8.94. The number of anilines is 1. The maximum absolute atomic E-state index is 13.9. The van der Waals surface area contributed by atoms with Gasteiger partial charge >= 0.3 is 0 Å². The van der Waals surface area contributed by atoms with E-state index in [9.17, 15) is 29.7 Å². The molecule has 0 bridgehead atoms. The van der Waals surface area contributed by atoms with Crippen LogP contribution in [0.1, 0.15) is 30.9 Å². The van der Waals surface area contributed by atoms with E-state index in [4.69, 9.17) is 10.5 Å². The lowest BCUT2D eigenvalue weighted by molar-refractivity contribution is -0.153. The molecule has 4 atom stereocenters. The zero-order valence-electron chi connectivity index (χ0n) is 21.2. The largest absolute Gasteiger partial charge is 0.508 e. The van der Waals surface area contributed by atoms with Crippen LogP contribution in [-0.4, -0.2) is 84.1 Å². The van der Waals surface area contributed by atoms with E-state index in [1.165, 1.54) is 4.90 Å². The van der Waals surface area contributed by atoms with Gasteiger partial charge in [0.05, 0.1) is 18.2 Å². The number of Topliss-reactive ketones (excluding diaryl/α,β-unsaturated/α-hetero) is 2. The minimum atomic E-state index is -2.59. The highest BCUT2D eigenvalue weighted by Crippen LogP contribution is 2.53. The van der Waals surface area contributed by atoms with Gasteiger partial charge in [-0.15, -0.1) is 0 Å². The first-order valence-corrected chi connectivity index (χ1v) is 12.0. The molecule has 0 saturated heterocycles. The number of aliphatic hydroxyl groups is 3. The highest BCUT2D eigenvalue weighted by molar-refractivity contribution is 6.24. The fourth-order valence-corrected chi connectivity index (χ4v) is 5.97. The summed E-state index contributed by atoms with van der Waals surface area (Å²) >= 11 is 0. The predicted octanol–water partition coefficient (Wildman–Crippen LogP) is 1.11. The number of fused-ring (bicyclic) bond motifs is 3. The van der Waals surface area contributed by atoms with E-state index in [0.29, 0.717) is 24.3 Å². The van der Waals surface area contributed by atoms with Crippen LogP contribution in [0.2, 0.25) is 0 Å². The second-order valence-electron chi connectivity index (χ2n) is 10.1. The topological polar surface area (TPSA) is 154 Å². The number of carbonyl (C=O) groups is 3. The Kier molecular flexibility index (Phi) is 6.38. The molecule has 10 nitrogen and oxygen atoms in total. The smallest absolute Gasteiger partial charge is 0.255 e. The molecule has 3 aliphatic carbocycles. The summed E-state index contributed by atoms with van der Waals surface area (Å²) in [5.74, 6) is -5.49. The van der Waals surface area contributed by atoms with Gasteiger partial charge in [0.15, 0.2) is 11.4 Å². The van der Waals surface area contributed by atoms with Crippen molar-refractivity contribution in [1.29, 1.82) is 0 Å². The molecular formula is C26H33N3O7. The van der Waals surface area contributed by atoms with Gasteiger partial charge in [0.2, 0.25) is 5.78 Å². The van der Waals surface area contributed by atoms with Crippen molar-refractivity contribution in [2.24, 2.45) is 17.6 Å². The molecule has 1 saturated carbocycles. The zero-order chi connectivity index (χ0) is 26.7. The molecular weight excluding hydrogens is 466 g/mol. The van der Waals surface area contributed by atoms with E-state index in [2.05, 4.69) is 0 Å². The zero-order valence-corrected chi connectivity index (χ0v) is 21.2. The van der Waals surface area contributed by atoms with Gasteiger partial charge in [0.25, 0.3) is 5.91 Å². The molecule has 0 aromatic heterocycles. The summed E-state index contributed by atoms with van der Waals surface area (Å²) in [6, 6.07) is 2.55. The Bertz CT molecular complexity index is 1220. The number of likely N-dealkylation sites (N-methyl/N-ethyl adjacent to an activating group) is 1. The Labute approximate surface area is 209 Å². The lowest BCUT2D eigenvalue weighted by Crippen LogP contribution is -2.65. The molecule has 0 radical (unpaired) electrons. The van der Waals surface area contributed by atoms with Crippen molar-refractivity contribution in [3.63, 3.8) is 0 Å². The molecule has 36 heavy (non-hydrogen) atoms. The predicted molar refractivity (Wildman–Crippen MR) is 133 cm³/mol. The summed E-state index contributed by atoms with van der Waals surface area (Å²) in [4.78, 5) is 42.6. The molecule has 1 aromatic rings. The number of amides is 1. The van der Waals surface area contributed by atoms with E-state index in [1.54, 1.807) is 20.2 Å². The van der Waals surface area contributed by atoms with Crippen LogP contribution in [0.3, 0.4) is 0 Å². The van der Waals surface area contributed by atoms with E-state index in [1.807, 2.05) is 32.0 Å². The number of rotatable bonds is 6. The number of carbonyl (C=O) groups excluding carboxylic acids is 3. The van der Waals surface area contributed by atoms with Crippen molar-refractivity contribution in [3.8, 4) is 5.75 Å². The van der Waals surface area contributed by atoms with Crippen LogP contribution in [0.5, 0.6) is 5.75 Å². The Morgan fingerprint density at radius 2 is 1.86 bits per heavy atom. The summed E-state index contributed by atoms with van der Waals surface area (Å²) in [5, 5.41) is 34.1. The van der Waals surface area contributed by atoms with E-state index in [-0.39, 0.29) is 17.8 Å². The van der Waals surface area contributed by atoms with Gasteiger partial charge in [-0.05, 0) is 57.0 Å². The fraction of sp³-hybridized carbons (Fsp3) is 0.500. The van der Waals surface area contributed by atoms with Gasteiger partial charge in [-0.1, -0.05) is 6.92 Å². The van der Waals surface area contributed by atoms with Crippen LogP contribution in [0.4, 0.5) is 5.69 Å². The standard InChI is InChI=1S/C26H33N3O7/c1-6-9-36-16-8-7-15(28(2)3)13-10-12-11-14-20(29(4)5)22(31)19(25(27)34)24(33)26(14,35)23(32)17(12)21(30)18(13)16/h7-8,12,14,20,30,33,35H,6,9-11H2,1-5H3,(H2,27,34)/t12-,14-,20?,26-/m0/s1. The number of ether oxygens (including phenoxy) is 1. The number of hydrogen-bond acceptors (Lipinski definition) is 9. The van der Waals surface area contributed by atoms with Gasteiger partial charge in [-0.3, -0.25) is 19.3 Å². The molecule has 1 amide bonds. The molecule has 5 N–H and O–H groups in total. The van der Waals surface area contributed by atoms with Crippen molar-refractivity contribution in [1.82, 2.24) is 4.90 Å². The van der Waals surface area contributed by atoms with Crippen molar-refractivity contribution >= 4 is 28.9 Å². The Morgan fingerprint density at radius 1 is 1.19 bits per heavy atom. The van der Waals surface area contributed by atoms with Gasteiger partial charge < -0.3 is 30.7 Å². The molecule has 0 spiro atoms. The highest BCUT2D eigenvalue weighted by atomic mass is 16.5. The minimum Gasteiger partial charge on any atom is -0.508 e. The summed E-state index contributed by atoms with van der Waals surface area (Å²) in [5.41, 5.74) is 3.93. The van der Waals surface area contributed by atoms with Gasteiger partial charge in [0, 0.05) is 31.3 Å². The molecule has 4 rings (SSSR count). The molecule has 0 aliphatic heterocycles. The van der Waals surface area contributed by atoms with Gasteiger partial charge in [-0.25, -0.2) is 0 Å². The van der Waals surface area contributed by atoms with Crippen molar-refractivity contribution in [2.75, 3.05) is 39.7 Å². The van der Waals surface area contributed by atoms with Crippen molar-refractivity contribution in [2.45, 2.75) is 37.8 Å². The third kappa shape index (κ3) is 3.50. The maximum Gasteiger partial charge on any atom is 0.255 e. The summed E-state index contributed by atoms with van der Waals surface area (Å²) in [6.07, 6.45) is 1.20. The number of primary amides is 1. The van der Waals surface area contributed by atoms with Crippen LogP contribution in [0, 0.1) is 11.8 Å². The average Bonchev–Trinajstić information content (AvgIpc) is 2.79. The molecule has 3 aliphatic rings. The molecule has 1 aromatic carbocycles. The lowest BCUT2D eigenvalue weighted by Gasteiger charge is -2.50. The van der Waals surface area contributed by atoms with E-state index >= 15 is 0 Å². The molecule has 0 heterocycles. The van der Waals surface area contributed by atoms with E-state index < -0.39 is 52.3 Å². The summed E-state index contributed by atoms with van der Waals surface area (Å²) in [6.45, 7) is 2.35. The van der Waals surface area contributed by atoms with Crippen molar-refractivity contribution in [3.05, 3.63) is 40.2 Å². The number of aliphatic hydroxyl groups excluding tert-OH is 2. The van der Waals surface area contributed by atoms with Gasteiger partial charge in [-0.2, -0.15) is 0 Å². The Morgan fingerprint density at radius 3 is 2.42 bits per heavy atom. The van der Waals surface area contributed by atoms with Crippen molar-refractivity contribution < 1.29 is 34.4 Å². The number of hydrogen-bond donors (Lipinski definition) is 4. The van der Waals surface area contributed by atoms with Crippen LogP contribution in [0.25, 0.3) is 5.76 Å². The van der Waals surface area contributed by atoms with Crippen LogP contribution in [0.15, 0.2) is 29.0 Å². The van der Waals surface area contributed by atoms with E-state index in [0.717, 1.165) is 17.7 Å². The SMILES string of the molecule is CCCOc1ccc(N(C)C)c2c1C(O)=C1C(=O)[C@]3(O)C(O)=C(C(N)=O)C(=O)C(N(C)C)[C@@H]3C[C@@H]1C2. The Hall–Kier alpha value is -3.37. The van der Waals surface area contributed by atoms with Crippen LogP contribution >= 0.6 is 0 Å². The third-order valence-corrected chi connectivity index (χ3v) is 7.51.